The quantitative estimate of drug-likeness (QED) is 0.548. The highest BCUT2D eigenvalue weighted by Crippen LogP contribution is 2.20. The number of pyridine rings is 1. The van der Waals surface area contributed by atoms with Crippen molar-refractivity contribution in [2.45, 2.75) is 27.3 Å². The van der Waals surface area contributed by atoms with Gasteiger partial charge < -0.3 is 13.9 Å². The molecule has 23 heavy (non-hydrogen) atoms. The maximum atomic E-state index is 5.25. The molecule has 0 amide bonds. The molecule has 0 radical (unpaired) electrons. The number of ether oxygens (including phenoxy) is 1. The number of benzene rings is 1. The molecule has 0 aliphatic rings. The second kappa shape index (κ2) is 6.24. The Kier molecular flexibility index (Phi) is 4.15. The van der Waals surface area contributed by atoms with Gasteiger partial charge in [0.25, 0.3) is 0 Å². The summed E-state index contributed by atoms with van der Waals surface area (Å²) in [6.45, 7) is 7.06. The third-order valence-corrected chi connectivity index (χ3v) is 3.86. The highest BCUT2D eigenvalue weighted by molar-refractivity contribution is 5.48. The van der Waals surface area contributed by atoms with Crippen LogP contribution in [0.2, 0.25) is 0 Å². The van der Waals surface area contributed by atoms with Crippen LogP contribution in [-0.4, -0.2) is 16.7 Å². The molecular formula is C19H21N3O. The Morgan fingerprint density at radius 3 is 2.61 bits per heavy atom. The van der Waals surface area contributed by atoms with Crippen molar-refractivity contribution in [2.75, 3.05) is 7.11 Å². The predicted octanol–water partition coefficient (Wildman–Crippen LogP) is 2.94. The Hall–Kier alpha value is -2.62. The molecular weight excluding hydrogens is 286 g/mol. The van der Waals surface area contributed by atoms with Crippen molar-refractivity contribution in [1.29, 1.82) is 0 Å². The van der Waals surface area contributed by atoms with E-state index in [0.717, 1.165) is 11.4 Å². The lowest BCUT2D eigenvalue weighted by Crippen LogP contribution is -2.32. The lowest BCUT2D eigenvalue weighted by molar-refractivity contribution is -0.692. The lowest BCUT2D eigenvalue weighted by Gasteiger charge is -2.12. The number of aryl methyl sites for hydroxylation is 3. The summed E-state index contributed by atoms with van der Waals surface area (Å²) in [6, 6.07) is 8.19. The second-order valence-electron chi connectivity index (χ2n) is 5.83. The monoisotopic (exact) mass is 307 g/mol. The number of imidazole rings is 1. The predicted molar refractivity (Wildman–Crippen MR) is 88.9 cm³/mol. The van der Waals surface area contributed by atoms with Gasteiger partial charge in [-0.15, -0.1) is 0 Å². The summed E-state index contributed by atoms with van der Waals surface area (Å²) < 4.78 is 9.29. The van der Waals surface area contributed by atoms with E-state index in [9.17, 15) is 0 Å². The molecule has 1 aromatic carbocycles. The Morgan fingerprint density at radius 2 is 1.91 bits per heavy atom. The van der Waals surface area contributed by atoms with Gasteiger partial charge in [0.2, 0.25) is 6.33 Å². The molecule has 0 fully saturated rings. The minimum Gasteiger partial charge on any atom is -0.497 e. The zero-order valence-corrected chi connectivity index (χ0v) is 14.0. The van der Waals surface area contributed by atoms with Crippen molar-refractivity contribution in [3.63, 3.8) is 0 Å². The average molecular weight is 307 g/mol. The fourth-order valence-corrected chi connectivity index (χ4v) is 2.96. The molecule has 0 saturated carbocycles. The summed E-state index contributed by atoms with van der Waals surface area (Å²) in [4.78, 5) is 4.38. The summed E-state index contributed by atoms with van der Waals surface area (Å²) in [5.74, 6) is 0.820. The Labute approximate surface area is 137 Å². The van der Waals surface area contributed by atoms with Crippen LogP contribution in [0, 0.1) is 27.1 Å². The van der Waals surface area contributed by atoms with Crippen LogP contribution in [0.4, 0.5) is 0 Å². The summed E-state index contributed by atoms with van der Waals surface area (Å²) in [6.07, 6.45) is 9.18. The van der Waals surface area contributed by atoms with Crippen LogP contribution in [0.15, 0.2) is 42.9 Å². The SMILES string of the molecule is COc1ccnc(C[n+]2[c-]n(-c3c(C)cc(C)cc3C)cc2)c1. The maximum Gasteiger partial charge on any atom is 0.243 e. The normalized spacial score (nSPS) is 10.8. The number of rotatable bonds is 4. The minimum atomic E-state index is 0.661. The van der Waals surface area contributed by atoms with Crippen LogP contribution in [0.5, 0.6) is 5.75 Å². The van der Waals surface area contributed by atoms with E-state index in [1.807, 2.05) is 33.7 Å². The minimum absolute atomic E-state index is 0.661. The molecule has 3 aromatic rings. The lowest BCUT2D eigenvalue weighted by atomic mass is 10.1. The molecule has 3 rings (SSSR count). The van der Waals surface area contributed by atoms with Gasteiger partial charge in [0, 0.05) is 24.7 Å². The van der Waals surface area contributed by atoms with E-state index in [2.05, 4.69) is 44.2 Å². The molecule has 0 spiro atoms. The van der Waals surface area contributed by atoms with Gasteiger partial charge in [0.15, 0.2) is 0 Å². The van der Waals surface area contributed by atoms with Gasteiger partial charge in [-0.2, -0.15) is 0 Å². The second-order valence-corrected chi connectivity index (χ2v) is 5.83. The van der Waals surface area contributed by atoms with Crippen LogP contribution in [0.3, 0.4) is 0 Å². The third-order valence-electron chi connectivity index (χ3n) is 3.86. The molecule has 0 N–H and O–H groups in total. The molecule has 2 heterocycles. The first kappa shape index (κ1) is 15.3. The molecule has 0 aliphatic heterocycles. The molecule has 4 heteroatoms. The molecule has 0 aliphatic carbocycles. The van der Waals surface area contributed by atoms with Crippen LogP contribution >= 0.6 is 0 Å². The summed E-state index contributed by atoms with van der Waals surface area (Å²) in [5.41, 5.74) is 5.92. The number of methoxy groups -OCH3 is 1. The van der Waals surface area contributed by atoms with Gasteiger partial charge in [-0.3, -0.25) is 4.98 Å². The number of nitrogens with zero attached hydrogens (tertiary/aromatic N) is 3. The topological polar surface area (TPSA) is 30.9 Å². The van der Waals surface area contributed by atoms with E-state index in [1.165, 1.54) is 22.4 Å². The smallest absolute Gasteiger partial charge is 0.243 e. The summed E-state index contributed by atoms with van der Waals surface area (Å²) in [5, 5.41) is 0. The van der Waals surface area contributed by atoms with Crippen molar-refractivity contribution in [3.8, 4) is 11.4 Å². The molecule has 0 atom stereocenters. The average Bonchev–Trinajstić information content (AvgIpc) is 2.94. The van der Waals surface area contributed by atoms with Gasteiger partial charge in [0.05, 0.1) is 18.5 Å². The molecule has 2 aromatic heterocycles. The van der Waals surface area contributed by atoms with Crippen molar-refractivity contribution in [1.82, 2.24) is 9.55 Å². The van der Waals surface area contributed by atoms with E-state index in [0.29, 0.717) is 6.54 Å². The van der Waals surface area contributed by atoms with Crippen LogP contribution in [-0.2, 0) is 6.54 Å². The Morgan fingerprint density at radius 1 is 1.17 bits per heavy atom. The van der Waals surface area contributed by atoms with E-state index >= 15 is 0 Å². The van der Waals surface area contributed by atoms with E-state index in [-0.39, 0.29) is 0 Å². The van der Waals surface area contributed by atoms with Gasteiger partial charge in [0.1, 0.15) is 12.3 Å². The first-order chi connectivity index (χ1) is 11.1. The Bertz CT molecular complexity index is 813. The molecule has 0 unspecified atom stereocenters. The number of hydrogen-bond acceptors (Lipinski definition) is 2. The van der Waals surface area contributed by atoms with Crippen LogP contribution in [0.25, 0.3) is 5.69 Å². The van der Waals surface area contributed by atoms with E-state index in [4.69, 9.17) is 4.74 Å². The fourth-order valence-electron chi connectivity index (χ4n) is 2.96. The molecule has 118 valence electrons. The van der Waals surface area contributed by atoms with Crippen molar-refractivity contribution in [2.24, 2.45) is 0 Å². The highest BCUT2D eigenvalue weighted by atomic mass is 16.5. The maximum absolute atomic E-state index is 5.25. The molecule has 0 bridgehead atoms. The summed E-state index contributed by atoms with van der Waals surface area (Å²) >= 11 is 0. The first-order valence-corrected chi connectivity index (χ1v) is 7.64. The fraction of sp³-hybridized carbons (Fsp3) is 0.263. The van der Waals surface area contributed by atoms with E-state index in [1.54, 1.807) is 13.3 Å². The van der Waals surface area contributed by atoms with Crippen molar-refractivity contribution >= 4 is 0 Å². The number of hydrogen-bond donors (Lipinski definition) is 0. The van der Waals surface area contributed by atoms with Gasteiger partial charge in [-0.1, -0.05) is 17.7 Å². The van der Waals surface area contributed by atoms with Crippen LogP contribution in [0.1, 0.15) is 22.4 Å². The standard InChI is InChI=1S/C19H21N3O/c1-14-9-15(2)19(16(3)10-14)22-8-7-21(13-22)12-17-11-18(23-4)5-6-20-17/h5-11H,12H2,1-4H3. The molecule has 4 nitrogen and oxygen atoms in total. The van der Waals surface area contributed by atoms with Crippen molar-refractivity contribution in [3.05, 3.63) is 71.6 Å². The molecule has 0 saturated heterocycles. The third kappa shape index (κ3) is 3.26. The van der Waals surface area contributed by atoms with Gasteiger partial charge >= 0.3 is 0 Å². The largest absolute Gasteiger partial charge is 0.497 e. The summed E-state index contributed by atoms with van der Waals surface area (Å²) in [7, 11) is 1.66. The first-order valence-electron chi connectivity index (χ1n) is 7.64. The zero-order chi connectivity index (χ0) is 16.4. The Balaban J connectivity index is 1.89. The highest BCUT2D eigenvalue weighted by Gasteiger charge is 2.08. The van der Waals surface area contributed by atoms with Gasteiger partial charge in [-0.05, 0) is 38.0 Å². The van der Waals surface area contributed by atoms with Crippen LogP contribution < -0.4 is 9.30 Å². The van der Waals surface area contributed by atoms with Gasteiger partial charge in [-0.25, -0.2) is 0 Å². The van der Waals surface area contributed by atoms with E-state index < -0.39 is 0 Å². The zero-order valence-electron chi connectivity index (χ0n) is 14.0. The van der Waals surface area contributed by atoms with Crippen molar-refractivity contribution < 1.29 is 9.30 Å². The number of aromatic nitrogens is 3.